The molecular formula is C15H20N4O. The maximum absolute atomic E-state index is 5.94. The molecule has 0 unspecified atom stereocenters. The van der Waals surface area contributed by atoms with Crippen molar-refractivity contribution in [2.24, 2.45) is 5.92 Å². The average molecular weight is 272 g/mol. The molecule has 0 aliphatic heterocycles. The van der Waals surface area contributed by atoms with Crippen LogP contribution in [-0.4, -0.2) is 16.6 Å². The summed E-state index contributed by atoms with van der Waals surface area (Å²) in [6.07, 6.45) is 6.49. The standard InChI is InChI=1S/C15H20N4O/c16-14-13-11(18-15(17)19-14)6-3-7-12(13)20-9-8-10-4-1-2-5-10/h3,6-7,10H,1-2,4-5,8-9H2,(H4,16,17,18,19). The van der Waals surface area contributed by atoms with E-state index >= 15 is 0 Å². The van der Waals surface area contributed by atoms with Crippen LogP contribution in [0.5, 0.6) is 5.75 Å². The lowest BCUT2D eigenvalue weighted by molar-refractivity contribution is 0.282. The van der Waals surface area contributed by atoms with E-state index in [2.05, 4.69) is 9.97 Å². The molecule has 0 radical (unpaired) electrons. The van der Waals surface area contributed by atoms with Gasteiger partial charge in [0, 0.05) is 0 Å². The zero-order valence-corrected chi connectivity index (χ0v) is 11.5. The Balaban J connectivity index is 1.77. The minimum atomic E-state index is 0.193. The molecule has 0 saturated heterocycles. The molecule has 1 heterocycles. The van der Waals surface area contributed by atoms with Crippen molar-refractivity contribution < 1.29 is 4.74 Å². The Labute approximate surface area is 118 Å². The Morgan fingerprint density at radius 1 is 1.15 bits per heavy atom. The van der Waals surface area contributed by atoms with Gasteiger partial charge >= 0.3 is 0 Å². The predicted molar refractivity (Wildman–Crippen MR) is 80.4 cm³/mol. The van der Waals surface area contributed by atoms with Crippen molar-refractivity contribution in [3.05, 3.63) is 18.2 Å². The molecule has 106 valence electrons. The highest BCUT2D eigenvalue weighted by molar-refractivity contribution is 5.94. The van der Waals surface area contributed by atoms with Gasteiger partial charge in [-0.15, -0.1) is 0 Å². The van der Waals surface area contributed by atoms with Crippen LogP contribution in [0.1, 0.15) is 32.1 Å². The third-order valence-corrected chi connectivity index (χ3v) is 3.99. The Bertz CT molecular complexity index is 608. The second-order valence-electron chi connectivity index (χ2n) is 5.40. The first-order valence-corrected chi connectivity index (χ1v) is 7.18. The van der Waals surface area contributed by atoms with E-state index in [9.17, 15) is 0 Å². The zero-order valence-electron chi connectivity index (χ0n) is 11.5. The van der Waals surface area contributed by atoms with Crippen molar-refractivity contribution in [2.75, 3.05) is 18.1 Å². The van der Waals surface area contributed by atoms with Gasteiger partial charge in [-0.3, -0.25) is 0 Å². The van der Waals surface area contributed by atoms with Crippen LogP contribution >= 0.6 is 0 Å². The summed E-state index contributed by atoms with van der Waals surface area (Å²) in [5.74, 6) is 2.13. The molecule has 3 rings (SSSR count). The molecule has 5 heteroatoms. The first-order valence-electron chi connectivity index (χ1n) is 7.18. The van der Waals surface area contributed by atoms with Crippen LogP contribution in [0.25, 0.3) is 10.9 Å². The summed E-state index contributed by atoms with van der Waals surface area (Å²) < 4.78 is 5.90. The van der Waals surface area contributed by atoms with E-state index in [-0.39, 0.29) is 5.95 Å². The number of ether oxygens (including phenoxy) is 1. The monoisotopic (exact) mass is 272 g/mol. The lowest BCUT2D eigenvalue weighted by Crippen LogP contribution is -2.06. The third-order valence-electron chi connectivity index (χ3n) is 3.99. The van der Waals surface area contributed by atoms with Gasteiger partial charge < -0.3 is 16.2 Å². The highest BCUT2D eigenvalue weighted by atomic mass is 16.5. The van der Waals surface area contributed by atoms with Crippen LogP contribution in [-0.2, 0) is 0 Å². The Morgan fingerprint density at radius 3 is 2.75 bits per heavy atom. The van der Waals surface area contributed by atoms with E-state index in [1.165, 1.54) is 25.7 Å². The van der Waals surface area contributed by atoms with Gasteiger partial charge in [-0.25, -0.2) is 4.98 Å². The number of anilines is 2. The number of hydrogen-bond acceptors (Lipinski definition) is 5. The van der Waals surface area contributed by atoms with Gasteiger partial charge in [0.2, 0.25) is 5.95 Å². The second-order valence-corrected chi connectivity index (χ2v) is 5.40. The smallest absolute Gasteiger partial charge is 0.222 e. The minimum absolute atomic E-state index is 0.193. The maximum atomic E-state index is 5.94. The van der Waals surface area contributed by atoms with E-state index in [4.69, 9.17) is 16.2 Å². The van der Waals surface area contributed by atoms with E-state index in [0.717, 1.165) is 29.0 Å². The van der Waals surface area contributed by atoms with Crippen molar-refractivity contribution in [3.63, 3.8) is 0 Å². The van der Waals surface area contributed by atoms with Crippen LogP contribution in [0.3, 0.4) is 0 Å². The number of nitrogens with two attached hydrogens (primary N) is 2. The maximum Gasteiger partial charge on any atom is 0.222 e. The van der Waals surface area contributed by atoms with Gasteiger partial charge in [0.05, 0.1) is 17.5 Å². The molecule has 2 aromatic rings. The predicted octanol–water partition coefficient (Wildman–Crippen LogP) is 2.75. The van der Waals surface area contributed by atoms with Crippen molar-refractivity contribution in [1.82, 2.24) is 9.97 Å². The lowest BCUT2D eigenvalue weighted by atomic mass is 10.1. The molecule has 1 aromatic carbocycles. The van der Waals surface area contributed by atoms with Crippen LogP contribution < -0.4 is 16.2 Å². The largest absolute Gasteiger partial charge is 0.493 e. The Morgan fingerprint density at radius 2 is 1.95 bits per heavy atom. The third kappa shape index (κ3) is 2.61. The van der Waals surface area contributed by atoms with E-state index < -0.39 is 0 Å². The van der Waals surface area contributed by atoms with Crippen LogP contribution in [0.2, 0.25) is 0 Å². The molecule has 0 spiro atoms. The fourth-order valence-electron chi connectivity index (χ4n) is 2.95. The first kappa shape index (κ1) is 13.0. The fourth-order valence-corrected chi connectivity index (χ4v) is 2.95. The van der Waals surface area contributed by atoms with Gasteiger partial charge in [0.15, 0.2) is 0 Å². The van der Waals surface area contributed by atoms with Crippen molar-refractivity contribution in [3.8, 4) is 5.75 Å². The number of hydrogen-bond donors (Lipinski definition) is 2. The molecule has 0 amide bonds. The summed E-state index contributed by atoms with van der Waals surface area (Å²) in [5, 5.41) is 0.758. The second kappa shape index (κ2) is 5.53. The van der Waals surface area contributed by atoms with Crippen molar-refractivity contribution >= 4 is 22.7 Å². The molecule has 0 bridgehead atoms. The Kier molecular flexibility index (Phi) is 3.58. The van der Waals surface area contributed by atoms with Gasteiger partial charge in [0.25, 0.3) is 0 Å². The van der Waals surface area contributed by atoms with Gasteiger partial charge in [-0.05, 0) is 24.5 Å². The zero-order chi connectivity index (χ0) is 13.9. The summed E-state index contributed by atoms with van der Waals surface area (Å²) in [5.41, 5.74) is 12.3. The number of aromatic nitrogens is 2. The van der Waals surface area contributed by atoms with Crippen LogP contribution in [0, 0.1) is 5.92 Å². The summed E-state index contributed by atoms with van der Waals surface area (Å²) in [6.45, 7) is 0.716. The molecular weight excluding hydrogens is 252 g/mol. The Hall–Kier alpha value is -2.04. The van der Waals surface area contributed by atoms with E-state index in [1.807, 2.05) is 18.2 Å². The van der Waals surface area contributed by atoms with E-state index in [0.29, 0.717) is 12.4 Å². The number of rotatable bonds is 4. The molecule has 1 aromatic heterocycles. The van der Waals surface area contributed by atoms with Gasteiger partial charge in [-0.2, -0.15) is 4.98 Å². The fraction of sp³-hybridized carbons (Fsp3) is 0.467. The number of benzene rings is 1. The van der Waals surface area contributed by atoms with Gasteiger partial charge in [0.1, 0.15) is 11.6 Å². The normalized spacial score (nSPS) is 15.8. The average Bonchev–Trinajstić information content (AvgIpc) is 2.91. The summed E-state index contributed by atoms with van der Waals surface area (Å²) >= 11 is 0. The van der Waals surface area contributed by atoms with Crippen LogP contribution in [0.4, 0.5) is 11.8 Å². The molecule has 0 atom stereocenters. The topological polar surface area (TPSA) is 87.0 Å². The minimum Gasteiger partial charge on any atom is -0.493 e. The quantitative estimate of drug-likeness (QED) is 0.893. The van der Waals surface area contributed by atoms with Gasteiger partial charge in [-0.1, -0.05) is 31.7 Å². The molecule has 1 aliphatic rings. The number of nitrogens with zero attached hydrogens (tertiary/aromatic N) is 2. The molecule has 20 heavy (non-hydrogen) atoms. The molecule has 1 saturated carbocycles. The summed E-state index contributed by atoms with van der Waals surface area (Å²) in [6, 6.07) is 5.68. The summed E-state index contributed by atoms with van der Waals surface area (Å²) in [4.78, 5) is 8.20. The lowest BCUT2D eigenvalue weighted by Gasteiger charge is -2.13. The molecule has 1 fully saturated rings. The SMILES string of the molecule is Nc1nc(N)c2c(OCCC3CCCC3)cccc2n1. The number of fused-ring (bicyclic) bond motifs is 1. The summed E-state index contributed by atoms with van der Waals surface area (Å²) in [7, 11) is 0. The van der Waals surface area contributed by atoms with E-state index in [1.54, 1.807) is 0 Å². The van der Waals surface area contributed by atoms with Crippen molar-refractivity contribution in [1.29, 1.82) is 0 Å². The van der Waals surface area contributed by atoms with Crippen molar-refractivity contribution in [2.45, 2.75) is 32.1 Å². The molecule has 5 nitrogen and oxygen atoms in total. The highest BCUT2D eigenvalue weighted by Gasteiger charge is 2.15. The first-order chi connectivity index (χ1) is 9.74. The van der Waals surface area contributed by atoms with Crippen LogP contribution in [0.15, 0.2) is 18.2 Å². The number of nitrogen functional groups attached to an aromatic ring is 2. The molecule has 4 N–H and O–H groups in total. The molecule has 1 aliphatic carbocycles. The highest BCUT2D eigenvalue weighted by Crippen LogP contribution is 2.31.